The van der Waals surface area contributed by atoms with Crippen molar-refractivity contribution in [2.75, 3.05) is 6.61 Å². The van der Waals surface area contributed by atoms with Crippen LogP contribution < -0.4 is 5.32 Å². The third-order valence-electron chi connectivity index (χ3n) is 13.0. The van der Waals surface area contributed by atoms with Crippen LogP contribution in [0.25, 0.3) is 0 Å². The van der Waals surface area contributed by atoms with E-state index >= 15 is 0 Å². The first-order chi connectivity index (χ1) is 33.7. The fraction of sp³-hybridized carbons (Fsp3) is 0.734. The van der Waals surface area contributed by atoms with E-state index in [0.717, 1.165) is 70.6 Å². The third kappa shape index (κ3) is 54.3. The molecule has 0 rings (SSSR count). The summed E-state index contributed by atoms with van der Waals surface area (Å²) in [7, 11) is 0. The molecule has 2 unspecified atom stereocenters. The van der Waals surface area contributed by atoms with E-state index in [-0.39, 0.29) is 12.5 Å². The van der Waals surface area contributed by atoms with E-state index in [0.29, 0.717) is 6.42 Å². The minimum absolute atomic E-state index is 0.0771. The van der Waals surface area contributed by atoms with Gasteiger partial charge in [0.2, 0.25) is 5.91 Å². The maximum absolute atomic E-state index is 12.5. The van der Waals surface area contributed by atoms with Gasteiger partial charge in [0.1, 0.15) is 0 Å². The molecule has 0 aliphatic heterocycles. The van der Waals surface area contributed by atoms with Crippen molar-refractivity contribution < 1.29 is 15.0 Å². The van der Waals surface area contributed by atoms with Crippen LogP contribution in [0.1, 0.15) is 284 Å². The Morgan fingerprint density at radius 2 is 0.662 bits per heavy atom. The van der Waals surface area contributed by atoms with Crippen molar-refractivity contribution in [1.82, 2.24) is 5.32 Å². The van der Waals surface area contributed by atoms with E-state index in [1.807, 2.05) is 6.08 Å². The number of hydrogen-bond acceptors (Lipinski definition) is 3. The van der Waals surface area contributed by atoms with Crippen molar-refractivity contribution >= 4 is 5.91 Å². The van der Waals surface area contributed by atoms with E-state index in [1.165, 1.54) is 193 Å². The zero-order chi connectivity index (χ0) is 49.2. The molecular formula is C64H113NO3. The summed E-state index contributed by atoms with van der Waals surface area (Å²) < 4.78 is 0. The first kappa shape index (κ1) is 65.3. The van der Waals surface area contributed by atoms with E-state index in [1.54, 1.807) is 6.08 Å². The molecule has 0 saturated heterocycles. The van der Waals surface area contributed by atoms with Crippen LogP contribution in [0.4, 0.5) is 0 Å². The van der Waals surface area contributed by atoms with Crippen molar-refractivity contribution in [2.45, 2.75) is 296 Å². The monoisotopic (exact) mass is 944 g/mol. The van der Waals surface area contributed by atoms with Crippen molar-refractivity contribution in [3.05, 3.63) is 97.2 Å². The quantitative estimate of drug-likeness (QED) is 0.0420. The molecule has 1 amide bonds. The third-order valence-corrected chi connectivity index (χ3v) is 13.0. The first-order valence-corrected chi connectivity index (χ1v) is 29.5. The minimum Gasteiger partial charge on any atom is -0.394 e. The number of allylic oxidation sites excluding steroid dienone is 15. The SMILES string of the molecule is CC/C=C\C/C=C\C/C=C\C/C=C\C/C=C\CCCCCCCCCCCCCCCCCCCCCC(=O)NC(CO)C(O)/C=C/CC/C=C/CC/C=C/CCCCCCCCCCCCC. The number of amides is 1. The second kappa shape index (κ2) is 58.6. The van der Waals surface area contributed by atoms with Crippen molar-refractivity contribution in [3.8, 4) is 0 Å². The lowest BCUT2D eigenvalue weighted by Crippen LogP contribution is -2.45. The summed E-state index contributed by atoms with van der Waals surface area (Å²) in [5.41, 5.74) is 0. The van der Waals surface area contributed by atoms with Gasteiger partial charge in [-0.2, -0.15) is 0 Å². The molecule has 0 heterocycles. The van der Waals surface area contributed by atoms with Gasteiger partial charge in [0.15, 0.2) is 0 Å². The number of nitrogens with one attached hydrogen (secondary N) is 1. The number of carbonyl (C=O) groups excluding carboxylic acids is 1. The Morgan fingerprint density at radius 3 is 1.03 bits per heavy atom. The Hall–Kier alpha value is -2.69. The minimum atomic E-state index is -0.874. The van der Waals surface area contributed by atoms with Crippen LogP contribution in [-0.4, -0.2) is 34.9 Å². The molecule has 0 aromatic rings. The second-order valence-electron chi connectivity index (χ2n) is 19.7. The van der Waals surface area contributed by atoms with Crippen LogP contribution in [0.15, 0.2) is 97.2 Å². The predicted octanol–water partition coefficient (Wildman–Crippen LogP) is 19.7. The molecule has 0 aromatic carbocycles. The summed E-state index contributed by atoms with van der Waals surface area (Å²) in [5.74, 6) is -0.0771. The molecule has 0 saturated carbocycles. The predicted molar refractivity (Wildman–Crippen MR) is 303 cm³/mol. The van der Waals surface area contributed by atoms with Gasteiger partial charge in [-0.15, -0.1) is 0 Å². The van der Waals surface area contributed by atoms with Gasteiger partial charge in [0.25, 0.3) is 0 Å². The molecule has 0 aliphatic carbocycles. The van der Waals surface area contributed by atoms with E-state index in [9.17, 15) is 15.0 Å². The van der Waals surface area contributed by atoms with Crippen LogP contribution in [0.2, 0.25) is 0 Å². The van der Waals surface area contributed by atoms with E-state index in [2.05, 4.69) is 104 Å². The second-order valence-corrected chi connectivity index (χ2v) is 19.7. The zero-order valence-electron chi connectivity index (χ0n) is 45.1. The molecule has 0 aromatic heterocycles. The molecule has 0 fully saturated rings. The average molecular weight is 945 g/mol. The van der Waals surface area contributed by atoms with Gasteiger partial charge in [-0.05, 0) is 89.9 Å². The number of aliphatic hydroxyl groups excluding tert-OH is 2. The summed E-state index contributed by atoms with van der Waals surface area (Å²) in [5, 5.41) is 23.1. The smallest absolute Gasteiger partial charge is 0.220 e. The van der Waals surface area contributed by atoms with Gasteiger partial charge < -0.3 is 15.5 Å². The topological polar surface area (TPSA) is 69.6 Å². The maximum atomic E-state index is 12.5. The van der Waals surface area contributed by atoms with Gasteiger partial charge in [0, 0.05) is 6.42 Å². The number of carbonyl (C=O) groups is 1. The van der Waals surface area contributed by atoms with Crippen molar-refractivity contribution in [1.29, 1.82) is 0 Å². The molecule has 68 heavy (non-hydrogen) atoms. The Kier molecular flexibility index (Phi) is 56.3. The fourth-order valence-electron chi connectivity index (χ4n) is 8.59. The Labute approximate surface area is 424 Å². The van der Waals surface area contributed by atoms with Crippen molar-refractivity contribution in [3.63, 3.8) is 0 Å². The van der Waals surface area contributed by atoms with Crippen molar-refractivity contribution in [2.24, 2.45) is 0 Å². The number of rotatable bonds is 53. The average Bonchev–Trinajstić information content (AvgIpc) is 3.34. The summed E-state index contributed by atoms with van der Waals surface area (Å²) >= 11 is 0. The first-order valence-electron chi connectivity index (χ1n) is 29.5. The number of aliphatic hydroxyl groups is 2. The number of hydrogen-bond donors (Lipinski definition) is 3. The summed E-state index contributed by atoms with van der Waals surface area (Å²) in [6.45, 7) is 4.19. The fourth-order valence-corrected chi connectivity index (χ4v) is 8.59. The molecule has 4 heteroatoms. The molecule has 0 spiro atoms. The Bertz CT molecular complexity index is 1250. The van der Waals surface area contributed by atoms with Crippen LogP contribution in [-0.2, 0) is 4.79 Å². The lowest BCUT2D eigenvalue weighted by molar-refractivity contribution is -0.123. The highest BCUT2D eigenvalue weighted by molar-refractivity contribution is 5.76. The lowest BCUT2D eigenvalue weighted by Gasteiger charge is -2.19. The van der Waals surface area contributed by atoms with Crippen LogP contribution >= 0.6 is 0 Å². The molecule has 392 valence electrons. The zero-order valence-corrected chi connectivity index (χ0v) is 45.1. The highest BCUT2D eigenvalue weighted by Crippen LogP contribution is 2.16. The molecule has 2 atom stereocenters. The summed E-state index contributed by atoms with van der Waals surface area (Å²) in [6, 6.07) is -0.650. The Balaban J connectivity index is 3.53. The van der Waals surface area contributed by atoms with E-state index in [4.69, 9.17) is 0 Å². The molecule has 0 aliphatic rings. The Morgan fingerprint density at radius 1 is 0.368 bits per heavy atom. The number of unbranched alkanes of at least 4 members (excludes halogenated alkanes) is 32. The molecule has 0 radical (unpaired) electrons. The highest BCUT2D eigenvalue weighted by Gasteiger charge is 2.18. The van der Waals surface area contributed by atoms with Gasteiger partial charge in [-0.3, -0.25) is 4.79 Å². The molecule has 3 N–H and O–H groups in total. The van der Waals surface area contributed by atoms with Gasteiger partial charge >= 0.3 is 0 Å². The van der Waals surface area contributed by atoms with Crippen LogP contribution in [0, 0.1) is 0 Å². The molecular weight excluding hydrogens is 831 g/mol. The molecule has 4 nitrogen and oxygen atoms in total. The highest BCUT2D eigenvalue weighted by atomic mass is 16.3. The van der Waals surface area contributed by atoms with Gasteiger partial charge in [-0.25, -0.2) is 0 Å². The largest absolute Gasteiger partial charge is 0.394 e. The normalized spacial score (nSPS) is 13.5. The maximum Gasteiger partial charge on any atom is 0.220 e. The van der Waals surface area contributed by atoms with Gasteiger partial charge in [-0.1, -0.05) is 284 Å². The standard InChI is InChI=1S/C64H113NO3/c1-3-5-7-9-11-13-15-17-19-21-23-25-26-27-28-29-30-31-32-33-34-35-36-37-38-40-42-44-46-48-50-52-54-56-58-60-64(68)65-62(61-66)63(67)59-57-55-53-51-49-47-45-43-41-39-24-22-20-18-16-14-12-10-8-6-4-2/h5,7,11,13,17,19,23,25,27-28,41,43,49,51,57,59,62-63,66-67H,3-4,6,8-10,12,14-16,18,20-22,24,26,29-40,42,44-48,50,52-56,58,60-61H2,1-2H3,(H,65,68)/b7-5-,13-11-,19-17-,25-23-,28-27-,43-41+,51-49+,59-57+. The van der Waals surface area contributed by atoms with E-state index < -0.39 is 12.1 Å². The van der Waals surface area contributed by atoms with Crippen LogP contribution in [0.3, 0.4) is 0 Å². The summed E-state index contributed by atoms with van der Waals surface area (Å²) in [6.07, 6.45) is 87.2. The van der Waals surface area contributed by atoms with Gasteiger partial charge in [0.05, 0.1) is 18.8 Å². The lowest BCUT2D eigenvalue weighted by atomic mass is 10.0. The molecule has 0 bridgehead atoms. The van der Waals surface area contributed by atoms with Crippen LogP contribution in [0.5, 0.6) is 0 Å². The summed E-state index contributed by atoms with van der Waals surface area (Å²) in [4.78, 5) is 12.5.